The minimum Gasteiger partial charge on any atom is -0.368 e. The Labute approximate surface area is 133 Å². The fourth-order valence-corrected chi connectivity index (χ4v) is 3.47. The fraction of sp³-hybridized carbons (Fsp3) is 0.438. The van der Waals surface area contributed by atoms with Crippen molar-refractivity contribution in [3.63, 3.8) is 0 Å². The molecular formula is C16H19N5S. The van der Waals surface area contributed by atoms with Crippen molar-refractivity contribution in [1.82, 2.24) is 19.8 Å². The lowest BCUT2D eigenvalue weighted by Crippen LogP contribution is -2.21. The number of nitrogens with one attached hydrogen (secondary N) is 1. The largest absolute Gasteiger partial charge is 0.368 e. The monoisotopic (exact) mass is 313 g/mol. The second kappa shape index (κ2) is 5.05. The molecule has 0 radical (unpaired) electrons. The molecule has 1 aliphatic rings. The molecular weight excluding hydrogens is 294 g/mol. The Hall–Kier alpha value is -1.95. The highest BCUT2D eigenvalue weighted by Crippen LogP contribution is 2.51. The van der Waals surface area contributed by atoms with Gasteiger partial charge in [-0.25, -0.2) is 0 Å². The fourth-order valence-electron chi connectivity index (χ4n) is 2.84. The van der Waals surface area contributed by atoms with Gasteiger partial charge in [0.15, 0.2) is 11.5 Å². The third-order valence-electron chi connectivity index (χ3n) is 4.78. The third-order valence-corrected chi connectivity index (χ3v) is 5.46. The number of hydrogen-bond acceptors (Lipinski definition) is 5. The highest BCUT2D eigenvalue weighted by molar-refractivity contribution is 7.08. The molecule has 0 amide bonds. The zero-order valence-corrected chi connectivity index (χ0v) is 13.6. The van der Waals surface area contributed by atoms with Gasteiger partial charge >= 0.3 is 0 Å². The number of fused-ring (bicyclic) bond motifs is 1. The van der Waals surface area contributed by atoms with E-state index in [-0.39, 0.29) is 0 Å². The van der Waals surface area contributed by atoms with Gasteiger partial charge in [0.05, 0.1) is 0 Å². The summed E-state index contributed by atoms with van der Waals surface area (Å²) in [6.07, 6.45) is 2.62. The Balaban J connectivity index is 1.61. The normalized spacial score (nSPS) is 16.3. The lowest BCUT2D eigenvalue weighted by atomic mass is 9.92. The van der Waals surface area contributed by atoms with E-state index in [9.17, 15) is 0 Å². The molecule has 0 spiro atoms. The van der Waals surface area contributed by atoms with Crippen LogP contribution in [-0.4, -0.2) is 26.4 Å². The summed E-state index contributed by atoms with van der Waals surface area (Å²) in [5.74, 6) is 2.39. The van der Waals surface area contributed by atoms with Gasteiger partial charge in [0.2, 0.25) is 0 Å². The molecule has 3 aromatic rings. The van der Waals surface area contributed by atoms with Gasteiger partial charge < -0.3 is 5.32 Å². The van der Waals surface area contributed by atoms with Crippen molar-refractivity contribution in [2.75, 3.05) is 11.9 Å². The van der Waals surface area contributed by atoms with Crippen LogP contribution in [0.1, 0.15) is 26.7 Å². The predicted octanol–water partition coefficient (Wildman–Crippen LogP) is 3.70. The van der Waals surface area contributed by atoms with Crippen LogP contribution in [0.15, 0.2) is 29.0 Å². The van der Waals surface area contributed by atoms with Gasteiger partial charge in [-0.2, -0.15) is 15.9 Å². The average Bonchev–Trinajstić information content (AvgIpc) is 2.95. The number of hydrogen-bond donors (Lipinski definition) is 1. The topological polar surface area (TPSA) is 55.1 Å². The van der Waals surface area contributed by atoms with Crippen molar-refractivity contribution in [2.45, 2.75) is 26.7 Å². The van der Waals surface area contributed by atoms with E-state index in [4.69, 9.17) is 0 Å². The molecule has 114 valence electrons. The quantitative estimate of drug-likeness (QED) is 0.780. The highest BCUT2D eigenvalue weighted by Gasteiger charge is 2.44. The Morgan fingerprint density at radius 1 is 1.27 bits per heavy atom. The summed E-state index contributed by atoms with van der Waals surface area (Å²) < 4.78 is 1.82. The van der Waals surface area contributed by atoms with E-state index in [0.29, 0.717) is 11.3 Å². The van der Waals surface area contributed by atoms with E-state index in [1.807, 2.05) is 28.1 Å². The molecule has 1 aliphatic carbocycles. The number of rotatable bonds is 5. The Kier molecular flexibility index (Phi) is 3.14. The molecule has 0 unspecified atom stereocenters. The van der Waals surface area contributed by atoms with Gasteiger partial charge in [0.1, 0.15) is 5.82 Å². The molecule has 0 atom stereocenters. The summed E-state index contributed by atoms with van der Waals surface area (Å²) in [6.45, 7) is 5.60. The molecule has 0 bridgehead atoms. The molecule has 0 aliphatic heterocycles. The van der Waals surface area contributed by atoms with Gasteiger partial charge in [-0.3, -0.25) is 0 Å². The number of aromatic nitrogens is 4. The van der Waals surface area contributed by atoms with E-state index in [1.165, 1.54) is 12.8 Å². The molecule has 22 heavy (non-hydrogen) atoms. The predicted molar refractivity (Wildman–Crippen MR) is 89.1 cm³/mol. The molecule has 6 heteroatoms. The van der Waals surface area contributed by atoms with E-state index < -0.39 is 0 Å². The summed E-state index contributed by atoms with van der Waals surface area (Å²) in [5, 5.41) is 20.7. The zero-order chi connectivity index (χ0) is 15.2. The van der Waals surface area contributed by atoms with Crippen LogP contribution in [0.5, 0.6) is 0 Å². The van der Waals surface area contributed by atoms with Crippen LogP contribution < -0.4 is 5.32 Å². The number of thiophene rings is 1. The van der Waals surface area contributed by atoms with Crippen LogP contribution in [-0.2, 0) is 0 Å². The van der Waals surface area contributed by atoms with E-state index in [2.05, 4.69) is 39.8 Å². The zero-order valence-electron chi connectivity index (χ0n) is 12.8. The molecule has 0 saturated heterocycles. The van der Waals surface area contributed by atoms with E-state index in [0.717, 1.165) is 29.4 Å². The maximum absolute atomic E-state index is 4.67. The molecule has 5 nitrogen and oxygen atoms in total. The average molecular weight is 313 g/mol. The molecule has 4 rings (SSSR count). The SMILES string of the molecule is CC(C)C1(CNc2ccc3nnc(-c4ccsc4)n3n2)CC1. The van der Waals surface area contributed by atoms with Crippen LogP contribution >= 0.6 is 11.3 Å². The van der Waals surface area contributed by atoms with Gasteiger partial charge in [0, 0.05) is 17.5 Å². The van der Waals surface area contributed by atoms with Crippen LogP contribution in [0.3, 0.4) is 0 Å². The highest BCUT2D eigenvalue weighted by atomic mass is 32.1. The Morgan fingerprint density at radius 3 is 2.82 bits per heavy atom. The number of nitrogens with zero attached hydrogens (tertiary/aromatic N) is 4. The second-order valence-corrected chi connectivity index (χ2v) is 7.17. The first-order chi connectivity index (χ1) is 10.7. The molecule has 3 aromatic heterocycles. The van der Waals surface area contributed by atoms with Crippen molar-refractivity contribution in [1.29, 1.82) is 0 Å². The maximum Gasteiger partial charge on any atom is 0.186 e. The van der Waals surface area contributed by atoms with Gasteiger partial charge in [-0.05, 0) is 47.8 Å². The lowest BCUT2D eigenvalue weighted by molar-refractivity contribution is 0.379. The summed E-state index contributed by atoms with van der Waals surface area (Å²) >= 11 is 1.65. The summed E-state index contributed by atoms with van der Waals surface area (Å²) in [4.78, 5) is 0. The van der Waals surface area contributed by atoms with Crippen molar-refractivity contribution >= 4 is 22.8 Å². The third kappa shape index (κ3) is 2.27. The van der Waals surface area contributed by atoms with E-state index in [1.54, 1.807) is 11.3 Å². The smallest absolute Gasteiger partial charge is 0.186 e. The second-order valence-electron chi connectivity index (χ2n) is 6.39. The Morgan fingerprint density at radius 2 is 2.14 bits per heavy atom. The van der Waals surface area contributed by atoms with Crippen LogP contribution in [0.2, 0.25) is 0 Å². The molecule has 1 N–H and O–H groups in total. The first-order valence-electron chi connectivity index (χ1n) is 7.67. The van der Waals surface area contributed by atoms with E-state index >= 15 is 0 Å². The molecule has 3 heterocycles. The van der Waals surface area contributed by atoms with Gasteiger partial charge in [-0.15, -0.1) is 15.3 Å². The minimum atomic E-state index is 0.458. The lowest BCUT2D eigenvalue weighted by Gasteiger charge is -2.20. The van der Waals surface area contributed by atoms with Crippen LogP contribution in [0.4, 0.5) is 5.82 Å². The van der Waals surface area contributed by atoms with Crippen LogP contribution in [0, 0.1) is 11.3 Å². The Bertz CT molecular complexity index is 786. The molecule has 0 aromatic carbocycles. The maximum atomic E-state index is 4.67. The standard InChI is InChI=1S/C16H19N5S/c1-11(2)16(6-7-16)10-17-13-3-4-14-18-19-15(21(14)20-13)12-5-8-22-9-12/h3-5,8-9,11H,6-7,10H2,1-2H3,(H,17,20). The van der Waals surface area contributed by atoms with Gasteiger partial charge in [0.25, 0.3) is 0 Å². The molecule has 1 fully saturated rings. The summed E-state index contributed by atoms with van der Waals surface area (Å²) in [7, 11) is 0. The van der Waals surface area contributed by atoms with Gasteiger partial charge in [-0.1, -0.05) is 13.8 Å². The van der Waals surface area contributed by atoms with Crippen LogP contribution in [0.25, 0.3) is 17.0 Å². The van der Waals surface area contributed by atoms with Crippen molar-refractivity contribution in [3.05, 3.63) is 29.0 Å². The van der Waals surface area contributed by atoms with Crippen molar-refractivity contribution in [2.24, 2.45) is 11.3 Å². The minimum absolute atomic E-state index is 0.458. The van der Waals surface area contributed by atoms with Crippen molar-refractivity contribution in [3.8, 4) is 11.4 Å². The number of anilines is 1. The first kappa shape index (κ1) is 13.7. The van der Waals surface area contributed by atoms with Crippen molar-refractivity contribution < 1.29 is 0 Å². The summed E-state index contributed by atoms with van der Waals surface area (Å²) in [5.41, 5.74) is 2.29. The first-order valence-corrected chi connectivity index (χ1v) is 8.61. The summed E-state index contributed by atoms with van der Waals surface area (Å²) in [6, 6.07) is 5.99. The molecule has 1 saturated carbocycles.